The summed E-state index contributed by atoms with van der Waals surface area (Å²) in [4.78, 5) is 15.0. The van der Waals surface area contributed by atoms with Crippen LogP contribution in [0, 0.1) is 5.92 Å². The lowest BCUT2D eigenvalue weighted by atomic mass is 9.98. The van der Waals surface area contributed by atoms with Crippen LogP contribution < -0.4 is 5.32 Å². The molecule has 1 atom stereocenters. The first-order valence-corrected chi connectivity index (χ1v) is 10.3. The number of hydrogen-bond acceptors (Lipinski definition) is 4. The first-order chi connectivity index (χ1) is 11.3. The van der Waals surface area contributed by atoms with E-state index in [0.717, 1.165) is 19.0 Å². The number of nitrogens with zero attached hydrogens (tertiary/aromatic N) is 1. The summed E-state index contributed by atoms with van der Waals surface area (Å²) in [7, 11) is -3.41. The first kappa shape index (κ1) is 18.9. The molecule has 1 saturated heterocycles. The molecule has 0 spiro atoms. The molecule has 5 nitrogen and oxygen atoms in total. The van der Waals surface area contributed by atoms with Crippen LogP contribution in [0.25, 0.3) is 0 Å². The number of rotatable bonds is 6. The van der Waals surface area contributed by atoms with E-state index in [-0.39, 0.29) is 28.2 Å². The minimum absolute atomic E-state index is 0.0142. The van der Waals surface area contributed by atoms with E-state index in [1.807, 2.05) is 0 Å². The van der Waals surface area contributed by atoms with Crippen LogP contribution in [0.2, 0.25) is 0 Å². The molecule has 134 valence electrons. The predicted molar refractivity (Wildman–Crippen MR) is 95.9 cm³/mol. The van der Waals surface area contributed by atoms with Gasteiger partial charge in [-0.1, -0.05) is 26.0 Å². The Morgan fingerprint density at radius 2 is 1.92 bits per heavy atom. The van der Waals surface area contributed by atoms with Crippen molar-refractivity contribution in [2.24, 2.45) is 5.92 Å². The zero-order chi connectivity index (χ0) is 17.7. The van der Waals surface area contributed by atoms with Crippen LogP contribution in [-0.2, 0) is 9.84 Å². The first-order valence-electron chi connectivity index (χ1n) is 8.69. The molecular weight excluding hydrogens is 324 g/mol. The second kappa shape index (κ2) is 8.12. The highest BCUT2D eigenvalue weighted by molar-refractivity contribution is 7.91. The van der Waals surface area contributed by atoms with Crippen molar-refractivity contribution in [3.05, 3.63) is 29.8 Å². The van der Waals surface area contributed by atoms with Gasteiger partial charge in [-0.3, -0.25) is 9.69 Å². The Bertz CT molecular complexity index is 665. The molecule has 0 bridgehead atoms. The smallest absolute Gasteiger partial charge is 0.252 e. The van der Waals surface area contributed by atoms with Gasteiger partial charge in [-0.2, -0.15) is 0 Å². The Kier molecular flexibility index (Phi) is 6.40. The molecule has 0 radical (unpaired) electrons. The highest BCUT2D eigenvalue weighted by Crippen LogP contribution is 2.19. The Labute approximate surface area is 145 Å². The highest BCUT2D eigenvalue weighted by atomic mass is 32.2. The Morgan fingerprint density at radius 3 is 2.54 bits per heavy atom. The number of hydrogen-bond donors (Lipinski definition) is 1. The monoisotopic (exact) mass is 352 g/mol. The average molecular weight is 353 g/mol. The number of amides is 1. The summed E-state index contributed by atoms with van der Waals surface area (Å²) < 4.78 is 24.3. The molecule has 0 aromatic heterocycles. The molecule has 1 amide bonds. The number of likely N-dealkylation sites (tertiary alicyclic amines) is 1. The molecule has 1 aliphatic heterocycles. The van der Waals surface area contributed by atoms with E-state index in [9.17, 15) is 13.2 Å². The summed E-state index contributed by atoms with van der Waals surface area (Å²) in [6.07, 6.45) is 2.38. The standard InChI is InChI=1S/C18H28N2O3S/c1-4-24(22,23)17-8-6-5-7-16(17)18(21)19-13-15(3)20-11-9-14(2)10-12-20/h5-8,14-15H,4,9-13H2,1-3H3,(H,19,21)/t15-/m1/s1. The molecule has 1 aromatic rings. The molecular formula is C18H28N2O3S. The number of carbonyl (C=O) groups excluding carboxylic acids is 1. The molecule has 0 aliphatic carbocycles. The molecule has 24 heavy (non-hydrogen) atoms. The minimum atomic E-state index is -3.41. The van der Waals surface area contributed by atoms with Gasteiger partial charge in [-0.05, 0) is 50.9 Å². The maximum Gasteiger partial charge on any atom is 0.252 e. The molecule has 1 fully saturated rings. The van der Waals surface area contributed by atoms with Crippen molar-refractivity contribution in [2.45, 2.75) is 44.6 Å². The van der Waals surface area contributed by atoms with Gasteiger partial charge in [0.05, 0.1) is 16.2 Å². The third kappa shape index (κ3) is 4.57. The third-order valence-electron chi connectivity index (χ3n) is 4.85. The molecule has 6 heteroatoms. The summed E-state index contributed by atoms with van der Waals surface area (Å²) >= 11 is 0. The SMILES string of the molecule is CCS(=O)(=O)c1ccccc1C(=O)NC[C@@H](C)N1CCC(C)CC1. The zero-order valence-electron chi connectivity index (χ0n) is 14.8. The van der Waals surface area contributed by atoms with Crippen molar-refractivity contribution in [1.29, 1.82) is 0 Å². The molecule has 1 aromatic carbocycles. The lowest BCUT2D eigenvalue weighted by Gasteiger charge is -2.35. The Morgan fingerprint density at radius 1 is 1.29 bits per heavy atom. The topological polar surface area (TPSA) is 66.5 Å². The van der Waals surface area contributed by atoms with Crippen LogP contribution in [0.1, 0.15) is 44.0 Å². The van der Waals surface area contributed by atoms with Crippen LogP contribution in [0.15, 0.2) is 29.2 Å². The molecule has 0 saturated carbocycles. The van der Waals surface area contributed by atoms with E-state index in [1.54, 1.807) is 25.1 Å². The normalized spacial score (nSPS) is 18.3. The summed E-state index contributed by atoms with van der Waals surface area (Å²) in [5.41, 5.74) is 0.235. The van der Waals surface area contributed by atoms with E-state index in [0.29, 0.717) is 6.54 Å². The van der Waals surface area contributed by atoms with Gasteiger partial charge in [-0.25, -0.2) is 8.42 Å². The molecule has 1 N–H and O–H groups in total. The van der Waals surface area contributed by atoms with Crippen molar-refractivity contribution in [3.8, 4) is 0 Å². The Balaban J connectivity index is 2.01. The van der Waals surface area contributed by atoms with Gasteiger partial charge in [0.25, 0.3) is 5.91 Å². The number of carbonyl (C=O) groups is 1. The van der Waals surface area contributed by atoms with E-state index in [4.69, 9.17) is 0 Å². The lowest BCUT2D eigenvalue weighted by Crippen LogP contribution is -2.45. The third-order valence-corrected chi connectivity index (χ3v) is 6.63. The van der Waals surface area contributed by atoms with Crippen LogP contribution >= 0.6 is 0 Å². The van der Waals surface area contributed by atoms with Gasteiger partial charge >= 0.3 is 0 Å². The summed E-state index contributed by atoms with van der Waals surface area (Å²) in [6, 6.07) is 6.67. The minimum Gasteiger partial charge on any atom is -0.350 e. The number of nitrogens with one attached hydrogen (secondary N) is 1. The van der Waals surface area contributed by atoms with Gasteiger partial charge in [0.1, 0.15) is 0 Å². The summed E-state index contributed by atoms with van der Waals surface area (Å²) in [6.45, 7) is 8.59. The molecule has 1 aliphatic rings. The van der Waals surface area contributed by atoms with E-state index in [1.165, 1.54) is 18.9 Å². The molecule has 1 heterocycles. The molecule has 0 unspecified atom stereocenters. The second-order valence-electron chi connectivity index (χ2n) is 6.68. The maximum absolute atomic E-state index is 12.5. The van der Waals surface area contributed by atoms with Crippen LogP contribution in [-0.4, -0.2) is 50.7 Å². The van der Waals surface area contributed by atoms with Crippen molar-refractivity contribution < 1.29 is 13.2 Å². The molecule has 2 rings (SSSR count). The largest absolute Gasteiger partial charge is 0.350 e. The van der Waals surface area contributed by atoms with Gasteiger partial charge in [0.2, 0.25) is 0 Å². The number of benzene rings is 1. The number of piperidine rings is 1. The van der Waals surface area contributed by atoms with Crippen LogP contribution in [0.4, 0.5) is 0 Å². The van der Waals surface area contributed by atoms with Crippen LogP contribution in [0.5, 0.6) is 0 Å². The van der Waals surface area contributed by atoms with Crippen molar-refractivity contribution in [2.75, 3.05) is 25.4 Å². The fourth-order valence-corrected chi connectivity index (χ4v) is 4.11. The van der Waals surface area contributed by atoms with Crippen LogP contribution in [0.3, 0.4) is 0 Å². The van der Waals surface area contributed by atoms with E-state index in [2.05, 4.69) is 24.1 Å². The van der Waals surface area contributed by atoms with E-state index >= 15 is 0 Å². The average Bonchev–Trinajstić information content (AvgIpc) is 2.60. The zero-order valence-corrected chi connectivity index (χ0v) is 15.6. The van der Waals surface area contributed by atoms with Gasteiger partial charge in [-0.15, -0.1) is 0 Å². The predicted octanol–water partition coefficient (Wildman–Crippen LogP) is 2.33. The van der Waals surface area contributed by atoms with Gasteiger partial charge < -0.3 is 5.32 Å². The van der Waals surface area contributed by atoms with Gasteiger partial charge in [0, 0.05) is 12.6 Å². The summed E-state index contributed by atoms with van der Waals surface area (Å²) in [5.74, 6) is 0.439. The van der Waals surface area contributed by atoms with E-state index < -0.39 is 9.84 Å². The fraction of sp³-hybridized carbons (Fsp3) is 0.611. The lowest BCUT2D eigenvalue weighted by molar-refractivity contribution is 0.0918. The summed E-state index contributed by atoms with van der Waals surface area (Å²) in [5, 5.41) is 2.90. The fourth-order valence-electron chi connectivity index (χ4n) is 3.01. The van der Waals surface area contributed by atoms with Crippen molar-refractivity contribution >= 4 is 15.7 Å². The van der Waals surface area contributed by atoms with Crippen molar-refractivity contribution in [1.82, 2.24) is 10.2 Å². The maximum atomic E-state index is 12.5. The quantitative estimate of drug-likeness (QED) is 0.853. The second-order valence-corrected chi connectivity index (χ2v) is 8.92. The number of sulfone groups is 1. The highest BCUT2D eigenvalue weighted by Gasteiger charge is 2.23. The van der Waals surface area contributed by atoms with Gasteiger partial charge in [0.15, 0.2) is 9.84 Å². The Hall–Kier alpha value is -1.40. The van der Waals surface area contributed by atoms with Crippen molar-refractivity contribution in [3.63, 3.8) is 0 Å².